The third-order valence-corrected chi connectivity index (χ3v) is 1.67. The van der Waals surface area contributed by atoms with E-state index in [-0.39, 0.29) is 12.4 Å². The molecule has 0 aromatic rings. The van der Waals surface area contributed by atoms with Crippen molar-refractivity contribution in [1.29, 1.82) is 0 Å². The second-order valence-electron chi connectivity index (χ2n) is 2.50. The predicted octanol–water partition coefficient (Wildman–Crippen LogP) is 2.82. The second kappa shape index (κ2) is 13.2. The van der Waals surface area contributed by atoms with Gasteiger partial charge in [-0.1, -0.05) is 26.2 Å². The smallest absolute Gasteiger partial charge is 0.0348 e. The first-order chi connectivity index (χ1) is 4.91. The van der Waals surface area contributed by atoms with E-state index in [1.807, 2.05) is 0 Å². The molecule has 0 aromatic carbocycles. The topological polar surface area (TPSA) is 12.0 Å². The molecule has 0 fully saturated rings. The number of rotatable bonds is 7. The summed E-state index contributed by atoms with van der Waals surface area (Å²) >= 11 is 5.48. The molecule has 3 heteroatoms. The van der Waals surface area contributed by atoms with E-state index in [1.54, 1.807) is 0 Å². The number of halogens is 2. The van der Waals surface area contributed by atoms with E-state index in [0.29, 0.717) is 0 Å². The highest BCUT2D eigenvalue weighted by atomic mass is 35.5. The highest BCUT2D eigenvalue weighted by Crippen LogP contribution is 1.96. The molecule has 0 aromatic heterocycles. The average molecular weight is 200 g/mol. The van der Waals surface area contributed by atoms with Gasteiger partial charge in [-0.05, 0) is 13.0 Å². The summed E-state index contributed by atoms with van der Waals surface area (Å²) in [5.41, 5.74) is 0. The van der Waals surface area contributed by atoms with Gasteiger partial charge in [-0.15, -0.1) is 24.0 Å². The molecule has 0 heterocycles. The Kier molecular flexibility index (Phi) is 16.8. The summed E-state index contributed by atoms with van der Waals surface area (Å²) < 4.78 is 0. The Balaban J connectivity index is 0. The predicted molar refractivity (Wildman–Crippen MR) is 55.0 cm³/mol. The van der Waals surface area contributed by atoms with E-state index in [4.69, 9.17) is 11.6 Å². The van der Waals surface area contributed by atoms with Crippen LogP contribution in [0.25, 0.3) is 0 Å². The standard InChI is InChI=1S/C8H18ClN.ClH/c1-2-3-4-5-7-10-8-6-9;/h10H,2-8H2,1H3;1H. The maximum atomic E-state index is 5.48. The van der Waals surface area contributed by atoms with Crippen LogP contribution < -0.4 is 5.32 Å². The molecule has 0 aliphatic rings. The van der Waals surface area contributed by atoms with Crippen LogP contribution in [0.5, 0.6) is 0 Å². The summed E-state index contributed by atoms with van der Waals surface area (Å²) in [7, 11) is 0. The van der Waals surface area contributed by atoms with Crippen molar-refractivity contribution in [1.82, 2.24) is 5.32 Å². The van der Waals surface area contributed by atoms with Gasteiger partial charge < -0.3 is 5.32 Å². The Morgan fingerprint density at radius 3 is 2.36 bits per heavy atom. The number of alkyl halides is 1. The van der Waals surface area contributed by atoms with Crippen LogP contribution in [0.4, 0.5) is 0 Å². The lowest BCUT2D eigenvalue weighted by atomic mass is 10.2. The minimum atomic E-state index is 0. The minimum Gasteiger partial charge on any atom is -0.316 e. The maximum absolute atomic E-state index is 5.48. The summed E-state index contributed by atoms with van der Waals surface area (Å²) in [6.07, 6.45) is 5.33. The van der Waals surface area contributed by atoms with Gasteiger partial charge in [-0.25, -0.2) is 0 Å². The van der Waals surface area contributed by atoms with Crippen molar-refractivity contribution in [3.05, 3.63) is 0 Å². The quantitative estimate of drug-likeness (QED) is 0.492. The van der Waals surface area contributed by atoms with Crippen LogP contribution in [0.3, 0.4) is 0 Å². The van der Waals surface area contributed by atoms with Crippen molar-refractivity contribution < 1.29 is 0 Å². The SMILES string of the molecule is CCCCCCNCCCl.Cl. The first-order valence-corrected chi connectivity index (χ1v) is 4.72. The van der Waals surface area contributed by atoms with Crippen LogP contribution in [0.1, 0.15) is 32.6 Å². The van der Waals surface area contributed by atoms with Crippen molar-refractivity contribution in [2.24, 2.45) is 0 Å². The highest BCUT2D eigenvalue weighted by Gasteiger charge is 1.86. The van der Waals surface area contributed by atoms with Gasteiger partial charge in [0.15, 0.2) is 0 Å². The Labute approximate surface area is 81.3 Å². The summed E-state index contributed by atoms with van der Waals surface area (Å²) in [6, 6.07) is 0. The fourth-order valence-electron chi connectivity index (χ4n) is 0.869. The number of hydrogen-bond donors (Lipinski definition) is 1. The van der Waals surface area contributed by atoms with Crippen molar-refractivity contribution in [3.63, 3.8) is 0 Å². The van der Waals surface area contributed by atoms with Crippen LogP contribution in [-0.2, 0) is 0 Å². The van der Waals surface area contributed by atoms with Gasteiger partial charge in [0.05, 0.1) is 0 Å². The number of nitrogens with one attached hydrogen (secondary N) is 1. The molecule has 11 heavy (non-hydrogen) atoms. The van der Waals surface area contributed by atoms with Crippen LogP contribution >= 0.6 is 24.0 Å². The van der Waals surface area contributed by atoms with Gasteiger partial charge >= 0.3 is 0 Å². The lowest BCUT2D eigenvalue weighted by molar-refractivity contribution is 0.612. The van der Waals surface area contributed by atoms with Crippen molar-refractivity contribution >= 4 is 24.0 Å². The Morgan fingerprint density at radius 1 is 1.09 bits per heavy atom. The van der Waals surface area contributed by atoms with Crippen LogP contribution in [-0.4, -0.2) is 19.0 Å². The minimum absolute atomic E-state index is 0. The average Bonchev–Trinajstić information content (AvgIpc) is 1.97. The van der Waals surface area contributed by atoms with Gasteiger partial charge in [-0.2, -0.15) is 0 Å². The molecule has 0 radical (unpaired) electrons. The fourth-order valence-corrected chi connectivity index (χ4v) is 1.00. The van der Waals surface area contributed by atoms with Gasteiger partial charge in [0.1, 0.15) is 0 Å². The number of unbranched alkanes of at least 4 members (excludes halogenated alkanes) is 3. The monoisotopic (exact) mass is 199 g/mol. The first-order valence-electron chi connectivity index (χ1n) is 4.18. The van der Waals surface area contributed by atoms with Crippen LogP contribution in [0.15, 0.2) is 0 Å². The Hall–Kier alpha value is 0.540. The largest absolute Gasteiger partial charge is 0.316 e. The molecule has 0 rings (SSSR count). The molecule has 70 valence electrons. The molecule has 0 bridgehead atoms. The van der Waals surface area contributed by atoms with Gasteiger partial charge in [0.2, 0.25) is 0 Å². The zero-order valence-corrected chi connectivity index (χ0v) is 8.81. The normalized spacial score (nSPS) is 9.27. The molecule has 0 saturated heterocycles. The summed E-state index contributed by atoms with van der Waals surface area (Å²) in [5, 5.41) is 3.26. The zero-order chi connectivity index (χ0) is 7.66. The van der Waals surface area contributed by atoms with Crippen LogP contribution in [0, 0.1) is 0 Å². The van der Waals surface area contributed by atoms with E-state index >= 15 is 0 Å². The van der Waals surface area contributed by atoms with Gasteiger partial charge in [-0.3, -0.25) is 0 Å². The molecular weight excluding hydrogens is 181 g/mol. The molecule has 0 saturated carbocycles. The summed E-state index contributed by atoms with van der Waals surface area (Å²) in [4.78, 5) is 0. The molecule has 0 aliphatic heterocycles. The van der Waals surface area contributed by atoms with Gasteiger partial charge in [0, 0.05) is 12.4 Å². The maximum Gasteiger partial charge on any atom is 0.0348 e. The lowest BCUT2D eigenvalue weighted by Gasteiger charge is -2.00. The first kappa shape index (κ1) is 14.1. The molecule has 1 nitrogen and oxygen atoms in total. The van der Waals surface area contributed by atoms with Crippen molar-refractivity contribution in [3.8, 4) is 0 Å². The highest BCUT2D eigenvalue weighted by molar-refractivity contribution is 6.18. The van der Waals surface area contributed by atoms with E-state index in [9.17, 15) is 0 Å². The Bertz CT molecular complexity index is 52.1. The molecule has 0 spiro atoms. The molecule has 0 amide bonds. The molecule has 0 unspecified atom stereocenters. The second-order valence-corrected chi connectivity index (χ2v) is 2.88. The third kappa shape index (κ3) is 13.5. The Morgan fingerprint density at radius 2 is 1.82 bits per heavy atom. The molecular formula is C8H19Cl2N. The lowest BCUT2D eigenvalue weighted by Crippen LogP contribution is -2.17. The fraction of sp³-hybridized carbons (Fsp3) is 1.00. The summed E-state index contributed by atoms with van der Waals surface area (Å²) in [5.74, 6) is 0.730. The van der Waals surface area contributed by atoms with E-state index in [0.717, 1.165) is 19.0 Å². The van der Waals surface area contributed by atoms with Gasteiger partial charge in [0.25, 0.3) is 0 Å². The van der Waals surface area contributed by atoms with E-state index < -0.39 is 0 Å². The van der Waals surface area contributed by atoms with E-state index in [2.05, 4.69) is 12.2 Å². The molecule has 1 N–H and O–H groups in total. The van der Waals surface area contributed by atoms with E-state index in [1.165, 1.54) is 25.7 Å². The molecule has 0 aliphatic carbocycles. The summed E-state index contributed by atoms with van der Waals surface area (Å²) in [6.45, 7) is 4.31. The van der Waals surface area contributed by atoms with Crippen LogP contribution in [0.2, 0.25) is 0 Å². The third-order valence-electron chi connectivity index (χ3n) is 1.48. The number of hydrogen-bond acceptors (Lipinski definition) is 1. The zero-order valence-electron chi connectivity index (χ0n) is 7.24. The van der Waals surface area contributed by atoms with Crippen molar-refractivity contribution in [2.75, 3.05) is 19.0 Å². The molecule has 0 atom stereocenters. The van der Waals surface area contributed by atoms with Crippen molar-refractivity contribution in [2.45, 2.75) is 32.6 Å².